The Bertz CT molecular complexity index is 1000. The van der Waals surface area contributed by atoms with E-state index in [0.29, 0.717) is 41.4 Å². The van der Waals surface area contributed by atoms with Gasteiger partial charge in [0, 0.05) is 19.3 Å². The minimum Gasteiger partial charge on any atom is -0.489 e. The molecule has 0 bridgehead atoms. The van der Waals surface area contributed by atoms with Crippen molar-refractivity contribution >= 4 is 23.5 Å². The molecule has 2 aromatic rings. The van der Waals surface area contributed by atoms with E-state index in [1.807, 2.05) is 6.07 Å². The first-order chi connectivity index (χ1) is 15.1. The minimum absolute atomic E-state index is 0.00421. The van der Waals surface area contributed by atoms with Crippen molar-refractivity contribution < 1.29 is 24.2 Å². The van der Waals surface area contributed by atoms with Crippen LogP contribution < -0.4 is 15.2 Å². The van der Waals surface area contributed by atoms with Crippen LogP contribution in [0.2, 0.25) is 5.02 Å². The zero-order valence-corrected chi connectivity index (χ0v) is 18.8. The number of rotatable bonds is 6. The Hall–Kier alpha value is -2.78. The molecule has 172 valence electrons. The Morgan fingerprint density at radius 1 is 1.22 bits per heavy atom. The van der Waals surface area contributed by atoms with Gasteiger partial charge < -0.3 is 25.2 Å². The second kappa shape index (κ2) is 8.63. The molecule has 2 amide bonds. The van der Waals surface area contributed by atoms with Crippen LogP contribution in [0.15, 0.2) is 30.5 Å². The summed E-state index contributed by atoms with van der Waals surface area (Å²) in [5.74, 6) is 0.999. The molecule has 3 atom stereocenters. The van der Waals surface area contributed by atoms with Crippen molar-refractivity contribution in [2.45, 2.75) is 38.4 Å². The first kappa shape index (κ1) is 22.4. The normalized spacial score (nSPS) is 22.6. The van der Waals surface area contributed by atoms with Gasteiger partial charge in [-0.2, -0.15) is 9.78 Å². The lowest BCUT2D eigenvalue weighted by molar-refractivity contribution is 0.0284. The van der Waals surface area contributed by atoms with Crippen LogP contribution >= 0.6 is 11.6 Å². The van der Waals surface area contributed by atoms with Gasteiger partial charge in [0.25, 0.3) is 5.91 Å². The Balaban J connectivity index is 1.34. The first-order valence-electron chi connectivity index (χ1n) is 10.6. The van der Waals surface area contributed by atoms with E-state index < -0.39 is 11.5 Å². The van der Waals surface area contributed by atoms with E-state index in [9.17, 15) is 14.7 Å². The zero-order chi connectivity index (χ0) is 23.0. The third-order valence-corrected chi connectivity index (χ3v) is 6.19. The van der Waals surface area contributed by atoms with Gasteiger partial charge in [0.15, 0.2) is 5.69 Å². The average molecular weight is 463 g/mol. The Morgan fingerprint density at radius 2 is 1.88 bits per heavy atom. The van der Waals surface area contributed by atoms with Gasteiger partial charge in [-0.25, -0.2) is 4.79 Å². The summed E-state index contributed by atoms with van der Waals surface area (Å²) in [4.78, 5) is 25.7. The number of nitrogens with two attached hydrogens (primary N) is 1. The summed E-state index contributed by atoms with van der Waals surface area (Å²) >= 11 is 6.47. The van der Waals surface area contributed by atoms with E-state index >= 15 is 0 Å². The number of ether oxygens (including phenoxy) is 2. The fourth-order valence-electron chi connectivity index (χ4n) is 4.33. The molecule has 9 nitrogen and oxygen atoms in total. The van der Waals surface area contributed by atoms with Crippen LogP contribution in [0.3, 0.4) is 0 Å². The first-order valence-corrected chi connectivity index (χ1v) is 10.9. The number of amides is 2. The smallest absolute Gasteiger partial charge is 0.344 e. The lowest BCUT2D eigenvalue weighted by Gasteiger charge is -2.21. The summed E-state index contributed by atoms with van der Waals surface area (Å²) in [7, 11) is 0. The van der Waals surface area contributed by atoms with Crippen LogP contribution in [0.25, 0.3) is 0 Å². The summed E-state index contributed by atoms with van der Waals surface area (Å²) in [6, 6.07) is 6.53. The lowest BCUT2D eigenvalue weighted by atomic mass is 10.0. The number of hydrogen-bond donors (Lipinski definition) is 2. The number of nitrogens with zero attached hydrogens (tertiary/aromatic N) is 3. The van der Waals surface area contributed by atoms with Crippen molar-refractivity contribution in [1.29, 1.82) is 0 Å². The van der Waals surface area contributed by atoms with E-state index in [4.69, 9.17) is 26.8 Å². The number of aromatic nitrogens is 2. The number of fused-ring (bicyclic) bond motifs is 1. The van der Waals surface area contributed by atoms with Crippen molar-refractivity contribution in [3.05, 3.63) is 41.2 Å². The molecule has 10 heteroatoms. The van der Waals surface area contributed by atoms with E-state index in [2.05, 4.69) is 5.10 Å². The van der Waals surface area contributed by atoms with Crippen LogP contribution in [-0.2, 0) is 0 Å². The van der Waals surface area contributed by atoms with Crippen LogP contribution in [0, 0.1) is 11.8 Å². The van der Waals surface area contributed by atoms with Crippen molar-refractivity contribution in [2.75, 3.05) is 19.7 Å². The predicted molar refractivity (Wildman–Crippen MR) is 117 cm³/mol. The molecule has 2 aliphatic rings. The standard InChI is InChI=1S/C22H27ClN4O5/c1-22(2,30)12-31-17-4-3-5-18(19(17)23)32-15-8-13-10-26(11-14(13)9-15)21(29)27-7-6-16(25-27)20(24)28/h3-7,13-15,30H,8-12H2,1-2H3,(H2,24,28)/t13-,14+,15+. The molecule has 2 fully saturated rings. The Morgan fingerprint density at radius 3 is 2.47 bits per heavy atom. The third-order valence-electron chi connectivity index (χ3n) is 5.82. The highest BCUT2D eigenvalue weighted by atomic mass is 35.5. The van der Waals surface area contributed by atoms with E-state index in [1.165, 1.54) is 12.3 Å². The fraction of sp³-hybridized carbons (Fsp3) is 0.500. The van der Waals surface area contributed by atoms with Gasteiger partial charge in [-0.3, -0.25) is 4.79 Å². The molecule has 1 aromatic carbocycles. The number of hydrogen-bond acceptors (Lipinski definition) is 6. The Labute approximate surface area is 191 Å². The monoisotopic (exact) mass is 462 g/mol. The van der Waals surface area contributed by atoms with Crippen molar-refractivity contribution in [1.82, 2.24) is 14.7 Å². The summed E-state index contributed by atoms with van der Waals surface area (Å²) in [5, 5.41) is 14.2. The van der Waals surface area contributed by atoms with E-state index in [0.717, 1.165) is 17.5 Å². The zero-order valence-electron chi connectivity index (χ0n) is 18.0. The van der Waals surface area contributed by atoms with Crippen LogP contribution in [0.4, 0.5) is 4.79 Å². The number of benzene rings is 1. The number of carbonyl (C=O) groups excluding carboxylic acids is 2. The largest absolute Gasteiger partial charge is 0.489 e. The van der Waals surface area contributed by atoms with Gasteiger partial charge >= 0.3 is 6.03 Å². The molecule has 32 heavy (non-hydrogen) atoms. The average Bonchev–Trinajstić information content (AvgIpc) is 3.42. The van der Waals surface area contributed by atoms with Crippen molar-refractivity contribution in [3.63, 3.8) is 0 Å². The second-order valence-electron chi connectivity index (χ2n) is 9.10. The molecule has 0 spiro atoms. The molecular formula is C22H27ClN4O5. The predicted octanol–water partition coefficient (Wildman–Crippen LogP) is 2.54. The van der Waals surface area contributed by atoms with Crippen LogP contribution in [0.1, 0.15) is 37.2 Å². The molecule has 2 heterocycles. The molecule has 1 saturated heterocycles. The van der Waals surface area contributed by atoms with Gasteiger partial charge in [-0.15, -0.1) is 0 Å². The molecule has 4 rings (SSSR count). The number of primary amides is 1. The molecule has 3 N–H and O–H groups in total. The van der Waals surface area contributed by atoms with E-state index in [1.54, 1.807) is 30.9 Å². The van der Waals surface area contributed by atoms with Gasteiger partial charge in [0.2, 0.25) is 0 Å². The molecule has 1 saturated carbocycles. The van der Waals surface area contributed by atoms with Crippen molar-refractivity contribution in [3.8, 4) is 11.5 Å². The topological polar surface area (TPSA) is 120 Å². The lowest BCUT2D eigenvalue weighted by Crippen LogP contribution is -2.34. The molecule has 0 unspecified atom stereocenters. The van der Waals surface area contributed by atoms with Crippen LogP contribution in [-0.4, -0.2) is 63.1 Å². The number of aliphatic hydroxyl groups is 1. The van der Waals surface area contributed by atoms with E-state index in [-0.39, 0.29) is 24.4 Å². The highest BCUT2D eigenvalue weighted by Gasteiger charge is 2.44. The minimum atomic E-state index is -0.968. The SMILES string of the molecule is CC(C)(O)COc1cccc(O[C@H]2C[C@@H]3CN(C(=O)n4ccc(C(N)=O)n4)C[C@@H]3C2)c1Cl. The third kappa shape index (κ3) is 4.83. The maximum atomic E-state index is 12.7. The van der Waals surface area contributed by atoms with Gasteiger partial charge in [-0.05, 0) is 56.7 Å². The van der Waals surface area contributed by atoms with Crippen LogP contribution in [0.5, 0.6) is 11.5 Å². The number of halogens is 1. The molecule has 1 aliphatic heterocycles. The molecule has 1 aliphatic carbocycles. The highest BCUT2D eigenvalue weighted by Crippen LogP contribution is 2.42. The van der Waals surface area contributed by atoms with Crippen molar-refractivity contribution in [2.24, 2.45) is 17.6 Å². The van der Waals surface area contributed by atoms with Gasteiger partial charge in [-0.1, -0.05) is 17.7 Å². The summed E-state index contributed by atoms with van der Waals surface area (Å²) in [6.07, 6.45) is 3.07. The van der Waals surface area contributed by atoms with Gasteiger partial charge in [0.05, 0.1) is 11.7 Å². The summed E-state index contributed by atoms with van der Waals surface area (Å²) in [5.41, 5.74) is 4.31. The Kier molecular flexibility index (Phi) is 6.05. The fourth-order valence-corrected chi connectivity index (χ4v) is 4.56. The summed E-state index contributed by atoms with van der Waals surface area (Å²) in [6.45, 7) is 4.66. The quantitative estimate of drug-likeness (QED) is 0.680. The maximum Gasteiger partial charge on any atom is 0.344 e. The number of likely N-dealkylation sites (tertiary alicyclic amines) is 1. The van der Waals surface area contributed by atoms with Gasteiger partial charge in [0.1, 0.15) is 23.1 Å². The summed E-state index contributed by atoms with van der Waals surface area (Å²) < 4.78 is 13.0. The maximum absolute atomic E-state index is 12.7. The highest BCUT2D eigenvalue weighted by molar-refractivity contribution is 6.33. The second-order valence-corrected chi connectivity index (χ2v) is 9.48. The molecule has 0 radical (unpaired) electrons. The molecular weight excluding hydrogens is 436 g/mol. The molecule has 1 aromatic heterocycles. The number of carbonyl (C=O) groups is 2.